The number of hydrogen-bond acceptors (Lipinski definition) is 8. The normalized spacial score (nSPS) is 14.5. The molecule has 46 heavy (non-hydrogen) atoms. The lowest BCUT2D eigenvalue weighted by Crippen LogP contribution is -2.34. The lowest BCUT2D eigenvalue weighted by molar-refractivity contribution is -0.154. The first-order chi connectivity index (χ1) is 22.2. The number of hydrogen-bond donors (Lipinski definition) is 3. The molecule has 0 aromatic rings. The number of carbonyl (C=O) groups excluding carboxylic acids is 1. The van der Waals surface area contributed by atoms with E-state index in [1.165, 1.54) is 64.2 Å². The van der Waals surface area contributed by atoms with Crippen molar-refractivity contribution in [1.29, 1.82) is 0 Å². The molecule has 0 radical (unpaired) electrons. The second kappa shape index (κ2) is 32.0. The van der Waals surface area contributed by atoms with E-state index in [2.05, 4.69) is 42.7 Å². The predicted octanol–water partition coefficient (Wildman–Crippen LogP) is 8.80. The van der Waals surface area contributed by atoms with Crippen LogP contribution in [0.2, 0.25) is 0 Å². The number of phosphoric acid groups is 1. The molecule has 0 aliphatic rings. The Labute approximate surface area is 279 Å². The topological polar surface area (TPSA) is 155 Å². The first-order valence-corrected chi connectivity index (χ1v) is 19.4. The second-order valence-corrected chi connectivity index (χ2v) is 13.5. The third-order valence-corrected chi connectivity index (χ3v) is 8.42. The van der Waals surface area contributed by atoms with Crippen molar-refractivity contribution in [2.45, 2.75) is 161 Å². The summed E-state index contributed by atoms with van der Waals surface area (Å²) in [6, 6.07) is -1.47. The molecule has 11 heteroatoms. The first-order valence-electron chi connectivity index (χ1n) is 17.9. The van der Waals surface area contributed by atoms with Gasteiger partial charge in [-0.05, 0) is 38.5 Å². The molecule has 0 rings (SSSR count). The van der Waals surface area contributed by atoms with Gasteiger partial charge in [-0.3, -0.25) is 18.6 Å². The summed E-state index contributed by atoms with van der Waals surface area (Å²) in [7, 11) is -4.60. The fraction of sp³-hybridized carbons (Fsp3) is 0.829. The third kappa shape index (κ3) is 31.1. The Morgan fingerprint density at radius 3 is 1.85 bits per heavy atom. The number of ether oxygens (including phenoxy) is 2. The average molecular weight is 676 g/mol. The van der Waals surface area contributed by atoms with Crippen LogP contribution in [0.3, 0.4) is 0 Å². The Morgan fingerprint density at radius 1 is 0.696 bits per heavy atom. The first kappa shape index (κ1) is 44.5. The van der Waals surface area contributed by atoms with Crippen molar-refractivity contribution < 1.29 is 42.7 Å². The molecular formula is C35H66NO9P. The lowest BCUT2D eigenvalue weighted by Gasteiger charge is -2.20. The van der Waals surface area contributed by atoms with Crippen molar-refractivity contribution in [3.63, 3.8) is 0 Å². The average Bonchev–Trinajstić information content (AvgIpc) is 3.03. The highest BCUT2D eigenvalue weighted by Gasteiger charge is 2.27. The number of rotatable bonds is 34. The van der Waals surface area contributed by atoms with Crippen LogP contribution in [0.15, 0.2) is 24.3 Å². The number of aliphatic carboxylic acids is 1. The molecule has 3 atom stereocenters. The molecule has 10 nitrogen and oxygen atoms in total. The van der Waals surface area contributed by atoms with Crippen molar-refractivity contribution in [3.8, 4) is 0 Å². The van der Waals surface area contributed by atoms with Gasteiger partial charge in [-0.25, -0.2) is 4.57 Å². The summed E-state index contributed by atoms with van der Waals surface area (Å²) in [5, 5.41) is 8.84. The molecule has 0 aliphatic heterocycles. The Morgan fingerprint density at radius 2 is 1.24 bits per heavy atom. The molecule has 0 aromatic carbocycles. The molecule has 0 saturated carbocycles. The summed E-state index contributed by atoms with van der Waals surface area (Å²) < 4.78 is 33.1. The molecule has 270 valence electrons. The van der Waals surface area contributed by atoms with E-state index in [-0.39, 0.29) is 13.0 Å². The monoisotopic (exact) mass is 675 g/mol. The number of phosphoric ester groups is 1. The van der Waals surface area contributed by atoms with Crippen molar-refractivity contribution in [1.82, 2.24) is 0 Å². The number of carboxylic acids is 1. The highest BCUT2D eigenvalue weighted by molar-refractivity contribution is 7.47. The van der Waals surface area contributed by atoms with Gasteiger partial charge in [0.2, 0.25) is 0 Å². The number of allylic oxidation sites excluding steroid dienone is 4. The van der Waals surface area contributed by atoms with E-state index in [9.17, 15) is 19.0 Å². The minimum Gasteiger partial charge on any atom is -0.480 e. The van der Waals surface area contributed by atoms with Gasteiger partial charge in [0.05, 0.1) is 19.8 Å². The van der Waals surface area contributed by atoms with Crippen LogP contribution in [0, 0.1) is 0 Å². The maximum absolute atomic E-state index is 12.5. The van der Waals surface area contributed by atoms with E-state index < -0.39 is 45.1 Å². The van der Waals surface area contributed by atoms with Crippen molar-refractivity contribution in [3.05, 3.63) is 24.3 Å². The van der Waals surface area contributed by atoms with Gasteiger partial charge < -0.3 is 25.2 Å². The van der Waals surface area contributed by atoms with Crippen LogP contribution in [0.25, 0.3) is 0 Å². The minimum atomic E-state index is -4.60. The van der Waals surface area contributed by atoms with Crippen LogP contribution in [0.1, 0.15) is 149 Å². The molecule has 3 unspecified atom stereocenters. The van der Waals surface area contributed by atoms with E-state index in [0.29, 0.717) is 13.0 Å². The summed E-state index contributed by atoms with van der Waals surface area (Å²) >= 11 is 0. The fourth-order valence-corrected chi connectivity index (χ4v) is 5.42. The molecule has 0 aliphatic carbocycles. The van der Waals surface area contributed by atoms with Crippen LogP contribution in [-0.2, 0) is 32.7 Å². The fourth-order valence-electron chi connectivity index (χ4n) is 4.64. The van der Waals surface area contributed by atoms with Gasteiger partial charge in [-0.15, -0.1) is 0 Å². The van der Waals surface area contributed by atoms with Gasteiger partial charge in [0, 0.05) is 13.0 Å². The van der Waals surface area contributed by atoms with Gasteiger partial charge in [0.25, 0.3) is 0 Å². The van der Waals surface area contributed by atoms with E-state index >= 15 is 0 Å². The van der Waals surface area contributed by atoms with Crippen LogP contribution in [0.4, 0.5) is 0 Å². The Hall–Kier alpha value is -1.55. The maximum atomic E-state index is 12.5. The molecule has 4 N–H and O–H groups in total. The third-order valence-electron chi connectivity index (χ3n) is 7.46. The molecule has 0 spiro atoms. The van der Waals surface area contributed by atoms with Crippen molar-refractivity contribution >= 4 is 19.8 Å². The molecule has 0 heterocycles. The van der Waals surface area contributed by atoms with Crippen LogP contribution >= 0.6 is 7.82 Å². The molecule has 0 bridgehead atoms. The van der Waals surface area contributed by atoms with Crippen molar-refractivity contribution in [2.75, 3.05) is 26.4 Å². The number of carbonyl (C=O) groups is 2. The van der Waals surface area contributed by atoms with Crippen molar-refractivity contribution in [2.24, 2.45) is 5.73 Å². The summed E-state index contributed by atoms with van der Waals surface area (Å²) in [5.41, 5.74) is 5.32. The molecule has 0 amide bonds. The number of esters is 1. The number of nitrogens with two attached hydrogens (primary N) is 1. The summed E-state index contributed by atoms with van der Waals surface area (Å²) in [6.45, 7) is 3.76. The Kier molecular flexibility index (Phi) is 30.9. The molecule has 0 saturated heterocycles. The number of carboxylic acid groups (broad SMARTS) is 1. The van der Waals surface area contributed by atoms with E-state index in [0.717, 1.165) is 57.8 Å². The zero-order chi connectivity index (χ0) is 34.1. The number of unbranched alkanes of at least 4 members (excludes halogenated alkanes) is 16. The Balaban J connectivity index is 4.34. The zero-order valence-corrected chi connectivity index (χ0v) is 29.8. The standard InChI is InChI=1S/C35H66NO9P/c1-3-5-7-9-11-13-15-16-17-18-20-22-24-26-28-42-29-32(30-43-46(40,41)44-31-33(36)35(38)39)45-34(37)27-25-23-21-19-14-12-10-8-6-4-2/h7,9,13,15,32-33H,3-6,8,10-12,14,16-31,36H2,1-2H3,(H,38,39)(H,40,41)/b9-7-,15-13-. The van der Waals surface area contributed by atoms with Crippen LogP contribution in [-0.4, -0.2) is 60.5 Å². The van der Waals surface area contributed by atoms with E-state index in [1.807, 2.05) is 0 Å². The molecule has 0 fully saturated rings. The summed E-state index contributed by atoms with van der Waals surface area (Å²) in [4.78, 5) is 33.3. The highest BCUT2D eigenvalue weighted by Crippen LogP contribution is 2.43. The van der Waals surface area contributed by atoms with E-state index in [1.54, 1.807) is 0 Å². The largest absolute Gasteiger partial charge is 0.480 e. The Bertz CT molecular complexity index is 837. The second-order valence-electron chi connectivity index (χ2n) is 12.0. The van der Waals surface area contributed by atoms with Gasteiger partial charge in [-0.2, -0.15) is 0 Å². The quantitative estimate of drug-likeness (QED) is 0.0261. The van der Waals surface area contributed by atoms with Crippen LogP contribution < -0.4 is 5.73 Å². The summed E-state index contributed by atoms with van der Waals surface area (Å²) in [5.74, 6) is -1.79. The SMILES string of the molecule is CCC/C=C\C/C=C\CCCCCCCCOCC(COP(=O)(O)OCC(N)C(=O)O)OC(=O)CCCCCCCCCCCC. The maximum Gasteiger partial charge on any atom is 0.472 e. The van der Waals surface area contributed by atoms with Gasteiger partial charge in [0.15, 0.2) is 0 Å². The highest BCUT2D eigenvalue weighted by atomic mass is 31.2. The molecule has 0 aromatic heterocycles. The zero-order valence-electron chi connectivity index (χ0n) is 28.9. The minimum absolute atomic E-state index is 0.0123. The van der Waals surface area contributed by atoms with Gasteiger partial charge in [0.1, 0.15) is 12.1 Å². The summed E-state index contributed by atoms with van der Waals surface area (Å²) in [6.07, 6.45) is 30.9. The van der Waals surface area contributed by atoms with E-state index in [4.69, 9.17) is 24.8 Å². The van der Waals surface area contributed by atoms with Crippen LogP contribution in [0.5, 0.6) is 0 Å². The smallest absolute Gasteiger partial charge is 0.472 e. The predicted molar refractivity (Wildman–Crippen MR) is 185 cm³/mol. The van der Waals surface area contributed by atoms with Gasteiger partial charge in [-0.1, -0.05) is 128 Å². The molecular weight excluding hydrogens is 609 g/mol. The lowest BCUT2D eigenvalue weighted by atomic mass is 10.1. The van der Waals surface area contributed by atoms with Gasteiger partial charge >= 0.3 is 19.8 Å².